The van der Waals surface area contributed by atoms with E-state index in [1.165, 1.54) is 30.8 Å². The van der Waals surface area contributed by atoms with Crippen LogP contribution in [-0.4, -0.2) is 16.4 Å². The Morgan fingerprint density at radius 2 is 1.97 bits per heavy atom. The zero-order valence-electron chi connectivity index (χ0n) is 16.0. The second-order valence-corrected chi connectivity index (χ2v) is 7.74. The van der Waals surface area contributed by atoms with E-state index < -0.39 is 16.8 Å². The molecule has 6 nitrogen and oxygen atoms in total. The summed E-state index contributed by atoms with van der Waals surface area (Å²) in [5.41, 5.74) is 2.58. The zero-order valence-corrected chi connectivity index (χ0v) is 16.8. The van der Waals surface area contributed by atoms with Crippen molar-refractivity contribution in [3.8, 4) is 6.07 Å². The number of ketones is 1. The fourth-order valence-corrected chi connectivity index (χ4v) is 4.54. The van der Waals surface area contributed by atoms with Crippen LogP contribution in [-0.2, 0) is 10.5 Å². The average Bonchev–Trinajstić information content (AvgIpc) is 2.72. The van der Waals surface area contributed by atoms with E-state index in [2.05, 4.69) is 11.1 Å². The highest BCUT2D eigenvalue weighted by Gasteiger charge is 2.38. The lowest BCUT2D eigenvalue weighted by Crippen LogP contribution is -2.31. The first-order valence-corrected chi connectivity index (χ1v) is 10.0. The van der Waals surface area contributed by atoms with E-state index in [1.54, 1.807) is 19.1 Å². The predicted octanol–water partition coefficient (Wildman–Crippen LogP) is 5.03. The minimum absolute atomic E-state index is 0.0688. The van der Waals surface area contributed by atoms with E-state index in [4.69, 9.17) is 0 Å². The van der Waals surface area contributed by atoms with Gasteiger partial charge in [-0.2, -0.15) is 5.26 Å². The Bertz CT molecular complexity index is 1050. The van der Waals surface area contributed by atoms with Gasteiger partial charge in [0.05, 0.1) is 22.5 Å². The number of rotatable bonds is 6. The SMILES string of the molecule is CC(=O)C1C(C)=NC(SCc2ccccc2)=C(C#N)[C@H]1c1cccc([N+](=O)[O-])c1. The number of nitro groups is 1. The van der Waals surface area contributed by atoms with Gasteiger partial charge in [-0.15, -0.1) is 11.8 Å². The molecule has 1 aliphatic rings. The van der Waals surface area contributed by atoms with Crippen LogP contribution in [0.15, 0.2) is 70.2 Å². The maximum Gasteiger partial charge on any atom is 0.269 e. The van der Waals surface area contributed by atoms with Crippen molar-refractivity contribution >= 4 is 28.9 Å². The number of hydrogen-bond acceptors (Lipinski definition) is 6. The van der Waals surface area contributed by atoms with E-state index in [0.29, 0.717) is 27.6 Å². The molecule has 2 aromatic carbocycles. The molecule has 0 aromatic heterocycles. The third kappa shape index (κ3) is 4.44. The summed E-state index contributed by atoms with van der Waals surface area (Å²) in [6, 6.07) is 18.2. The van der Waals surface area contributed by atoms with Gasteiger partial charge >= 0.3 is 0 Å². The molecule has 1 unspecified atom stereocenters. The van der Waals surface area contributed by atoms with Crippen molar-refractivity contribution in [2.75, 3.05) is 0 Å². The van der Waals surface area contributed by atoms with Gasteiger partial charge in [0.15, 0.2) is 0 Å². The van der Waals surface area contributed by atoms with Gasteiger partial charge in [0.1, 0.15) is 10.8 Å². The van der Waals surface area contributed by atoms with Gasteiger partial charge in [-0.1, -0.05) is 42.5 Å². The summed E-state index contributed by atoms with van der Waals surface area (Å²) in [5, 5.41) is 21.7. The number of carbonyl (C=O) groups excluding carboxylic acids is 1. The quantitative estimate of drug-likeness (QED) is 0.496. The van der Waals surface area contributed by atoms with Crippen LogP contribution >= 0.6 is 11.8 Å². The highest BCUT2D eigenvalue weighted by atomic mass is 32.2. The van der Waals surface area contributed by atoms with Gasteiger partial charge < -0.3 is 0 Å². The minimum atomic E-state index is -0.618. The van der Waals surface area contributed by atoms with Crippen molar-refractivity contribution in [2.45, 2.75) is 25.5 Å². The first kappa shape index (κ1) is 20.5. The van der Waals surface area contributed by atoms with Crippen LogP contribution < -0.4 is 0 Å². The fraction of sp³-hybridized carbons (Fsp3) is 0.227. The summed E-state index contributed by atoms with van der Waals surface area (Å²) >= 11 is 1.43. The molecule has 2 atom stereocenters. The molecule has 0 saturated heterocycles. The maximum atomic E-state index is 12.4. The van der Waals surface area contributed by atoms with Gasteiger partial charge in [-0.25, -0.2) is 4.99 Å². The van der Waals surface area contributed by atoms with E-state index in [-0.39, 0.29) is 11.5 Å². The molecule has 1 aliphatic heterocycles. The fourth-order valence-electron chi connectivity index (χ4n) is 3.50. The van der Waals surface area contributed by atoms with Crippen LogP contribution in [0.2, 0.25) is 0 Å². The summed E-state index contributed by atoms with van der Waals surface area (Å²) in [6.07, 6.45) is 0. The normalized spacial score (nSPS) is 18.7. The summed E-state index contributed by atoms with van der Waals surface area (Å²) in [7, 11) is 0. The molecule has 7 heteroatoms. The number of allylic oxidation sites excluding steroid dienone is 1. The number of thioether (sulfide) groups is 1. The Hall–Kier alpha value is -3.24. The van der Waals surface area contributed by atoms with Gasteiger partial charge in [-0.3, -0.25) is 14.9 Å². The number of Topliss-reactive ketones (excluding diaryl/α,β-unsaturated/α-hetero) is 1. The molecule has 0 radical (unpaired) electrons. The van der Waals surface area contributed by atoms with Gasteiger partial charge in [0.2, 0.25) is 0 Å². The lowest BCUT2D eigenvalue weighted by atomic mass is 9.75. The summed E-state index contributed by atoms with van der Waals surface area (Å²) in [4.78, 5) is 27.7. The molecule has 0 fully saturated rings. The Morgan fingerprint density at radius 3 is 2.59 bits per heavy atom. The highest BCUT2D eigenvalue weighted by Crippen LogP contribution is 2.43. The molecular weight excluding hydrogens is 386 g/mol. The van der Waals surface area contributed by atoms with Crippen LogP contribution in [0, 0.1) is 27.4 Å². The zero-order chi connectivity index (χ0) is 21.0. The molecule has 3 rings (SSSR count). The lowest BCUT2D eigenvalue weighted by molar-refractivity contribution is -0.384. The van der Waals surface area contributed by atoms with Crippen LogP contribution in [0.1, 0.15) is 30.9 Å². The van der Waals surface area contributed by atoms with E-state index >= 15 is 0 Å². The average molecular weight is 405 g/mol. The third-order valence-electron chi connectivity index (χ3n) is 4.82. The molecule has 0 aliphatic carbocycles. The molecule has 29 heavy (non-hydrogen) atoms. The van der Waals surface area contributed by atoms with Crippen molar-refractivity contribution in [1.82, 2.24) is 0 Å². The Morgan fingerprint density at radius 1 is 1.24 bits per heavy atom. The number of nitrogens with zero attached hydrogens (tertiary/aromatic N) is 3. The summed E-state index contributed by atoms with van der Waals surface area (Å²) < 4.78 is 0. The molecule has 2 aromatic rings. The number of aliphatic imine (C=N–C) groups is 1. The first-order valence-electron chi connectivity index (χ1n) is 9.03. The summed E-state index contributed by atoms with van der Waals surface area (Å²) in [5.74, 6) is -0.701. The molecule has 0 spiro atoms. The first-order chi connectivity index (χ1) is 13.9. The molecule has 0 amide bonds. The monoisotopic (exact) mass is 405 g/mol. The summed E-state index contributed by atoms with van der Waals surface area (Å²) in [6.45, 7) is 3.23. The molecule has 1 heterocycles. The van der Waals surface area contributed by atoms with Crippen molar-refractivity contribution < 1.29 is 9.72 Å². The Balaban J connectivity index is 2.06. The van der Waals surface area contributed by atoms with E-state index in [9.17, 15) is 20.2 Å². The van der Waals surface area contributed by atoms with E-state index in [1.807, 2.05) is 30.3 Å². The molecular formula is C22H19N3O3S. The van der Waals surface area contributed by atoms with Crippen molar-refractivity contribution in [3.63, 3.8) is 0 Å². The minimum Gasteiger partial charge on any atom is -0.299 e. The largest absolute Gasteiger partial charge is 0.299 e. The van der Waals surface area contributed by atoms with Crippen molar-refractivity contribution in [1.29, 1.82) is 5.26 Å². The van der Waals surface area contributed by atoms with Crippen molar-refractivity contribution in [2.24, 2.45) is 10.9 Å². The second kappa shape index (κ2) is 8.84. The van der Waals surface area contributed by atoms with E-state index in [0.717, 1.165) is 5.56 Å². The molecule has 0 saturated carbocycles. The van der Waals surface area contributed by atoms with Gasteiger partial charge in [-0.05, 0) is 25.0 Å². The van der Waals surface area contributed by atoms with Gasteiger partial charge in [0, 0.05) is 29.5 Å². The van der Waals surface area contributed by atoms with Crippen LogP contribution in [0.5, 0.6) is 0 Å². The maximum absolute atomic E-state index is 12.4. The molecule has 0 N–H and O–H groups in total. The van der Waals surface area contributed by atoms with Crippen LogP contribution in [0.3, 0.4) is 0 Å². The number of non-ortho nitro benzene ring substituents is 1. The Labute approximate surface area is 173 Å². The number of nitro benzene ring substituents is 1. The standard InChI is InChI=1S/C22H19N3O3S/c1-14-20(15(2)26)21(17-9-6-10-18(11-17)25(27)28)19(12-23)22(24-14)29-13-16-7-4-3-5-8-16/h3-11,20-21H,13H2,1-2H3/t20?,21-/m1/s1. The number of nitriles is 1. The number of carbonyl (C=O) groups is 1. The van der Waals surface area contributed by atoms with Gasteiger partial charge in [0.25, 0.3) is 5.69 Å². The van der Waals surface area contributed by atoms with Crippen molar-refractivity contribution in [3.05, 3.63) is 86.4 Å². The smallest absolute Gasteiger partial charge is 0.269 e. The highest BCUT2D eigenvalue weighted by molar-refractivity contribution is 8.02. The third-order valence-corrected chi connectivity index (χ3v) is 5.88. The Kier molecular flexibility index (Phi) is 6.25. The topological polar surface area (TPSA) is 96.4 Å². The predicted molar refractivity (Wildman–Crippen MR) is 113 cm³/mol. The van der Waals surface area contributed by atoms with Crippen LogP contribution in [0.25, 0.3) is 0 Å². The second-order valence-electron chi connectivity index (χ2n) is 6.78. The molecule has 0 bridgehead atoms. The molecule has 146 valence electrons. The number of benzene rings is 2. The van der Waals surface area contributed by atoms with Crippen LogP contribution in [0.4, 0.5) is 5.69 Å². The number of hydrogen-bond donors (Lipinski definition) is 0. The lowest BCUT2D eigenvalue weighted by Gasteiger charge is -2.30.